The van der Waals surface area contributed by atoms with Crippen molar-refractivity contribution >= 4 is 0 Å². The van der Waals surface area contributed by atoms with Gasteiger partial charge in [-0.1, -0.05) is 6.07 Å². The Hall–Kier alpha value is -2.07. The van der Waals surface area contributed by atoms with Crippen LogP contribution in [-0.2, 0) is 6.54 Å². The van der Waals surface area contributed by atoms with Crippen LogP contribution in [0, 0.1) is 5.82 Å². The van der Waals surface area contributed by atoms with Gasteiger partial charge >= 0.3 is 0 Å². The molecule has 0 heterocycles. The van der Waals surface area contributed by atoms with Crippen molar-refractivity contribution in [2.24, 2.45) is 5.73 Å². The van der Waals surface area contributed by atoms with Gasteiger partial charge in [-0.15, -0.1) is 0 Å². The molecule has 0 atom stereocenters. The first kappa shape index (κ1) is 13.4. The second-order valence-corrected chi connectivity index (χ2v) is 4.08. The van der Waals surface area contributed by atoms with Crippen LogP contribution in [0.25, 0.3) is 11.1 Å². The molecule has 2 N–H and O–H groups in total. The highest BCUT2D eigenvalue weighted by Crippen LogP contribution is 2.35. The summed E-state index contributed by atoms with van der Waals surface area (Å²) < 4.78 is 24.4. The Bertz CT molecular complexity index is 584. The summed E-state index contributed by atoms with van der Waals surface area (Å²) in [6, 6.07) is 10.1. The van der Waals surface area contributed by atoms with Crippen LogP contribution in [0.3, 0.4) is 0 Å². The molecule has 2 rings (SSSR count). The number of benzene rings is 2. The third kappa shape index (κ3) is 2.69. The van der Waals surface area contributed by atoms with Crippen molar-refractivity contribution in [3.8, 4) is 22.6 Å². The molecule has 0 aromatic heterocycles. The molecule has 0 saturated heterocycles. The second kappa shape index (κ2) is 5.71. The van der Waals surface area contributed by atoms with E-state index in [1.807, 2.05) is 0 Å². The van der Waals surface area contributed by atoms with E-state index in [1.165, 1.54) is 6.07 Å². The highest BCUT2D eigenvalue weighted by atomic mass is 19.1. The van der Waals surface area contributed by atoms with E-state index in [0.29, 0.717) is 29.2 Å². The molecule has 0 unspecified atom stereocenters. The van der Waals surface area contributed by atoms with E-state index in [9.17, 15) is 4.39 Å². The van der Waals surface area contributed by atoms with E-state index in [0.717, 1.165) is 5.56 Å². The summed E-state index contributed by atoms with van der Waals surface area (Å²) in [5.41, 5.74) is 7.61. The van der Waals surface area contributed by atoms with Crippen molar-refractivity contribution in [1.82, 2.24) is 0 Å². The molecule has 0 saturated carbocycles. The first-order chi connectivity index (χ1) is 9.19. The minimum Gasteiger partial charge on any atom is -0.497 e. The average molecular weight is 261 g/mol. The van der Waals surface area contributed by atoms with Gasteiger partial charge in [0, 0.05) is 23.7 Å². The number of hydrogen-bond donors (Lipinski definition) is 1. The van der Waals surface area contributed by atoms with Gasteiger partial charge in [0.2, 0.25) is 0 Å². The Kier molecular flexibility index (Phi) is 4.02. The maximum atomic E-state index is 14.0. The fourth-order valence-electron chi connectivity index (χ4n) is 1.93. The zero-order chi connectivity index (χ0) is 13.8. The maximum absolute atomic E-state index is 14.0. The van der Waals surface area contributed by atoms with Crippen LogP contribution in [0.1, 0.15) is 5.56 Å². The highest BCUT2D eigenvalue weighted by Gasteiger charge is 2.12. The topological polar surface area (TPSA) is 44.5 Å². The van der Waals surface area contributed by atoms with Crippen molar-refractivity contribution < 1.29 is 13.9 Å². The van der Waals surface area contributed by atoms with Gasteiger partial charge in [0.25, 0.3) is 0 Å². The van der Waals surface area contributed by atoms with Crippen molar-refractivity contribution in [3.05, 3.63) is 47.8 Å². The van der Waals surface area contributed by atoms with Gasteiger partial charge in [0.1, 0.15) is 17.3 Å². The maximum Gasteiger partial charge on any atom is 0.131 e. The molecule has 3 nitrogen and oxygen atoms in total. The predicted octanol–water partition coefficient (Wildman–Crippen LogP) is 2.97. The molecule has 0 spiro atoms. The second-order valence-electron chi connectivity index (χ2n) is 4.08. The van der Waals surface area contributed by atoms with E-state index >= 15 is 0 Å². The Balaban J connectivity index is 2.57. The van der Waals surface area contributed by atoms with E-state index in [1.54, 1.807) is 44.6 Å². The van der Waals surface area contributed by atoms with Crippen molar-refractivity contribution in [2.75, 3.05) is 14.2 Å². The molecule has 2 aromatic rings. The molecule has 0 aliphatic rings. The number of halogens is 1. The molecule has 0 aliphatic carbocycles. The zero-order valence-electron chi connectivity index (χ0n) is 10.9. The predicted molar refractivity (Wildman–Crippen MR) is 72.8 cm³/mol. The molecule has 4 heteroatoms. The molecule has 100 valence electrons. The molecule has 0 amide bonds. The standard InChI is InChI=1S/C15H16FNO2/c1-18-11-4-5-12(15(8-11)19-2)13-7-10(9-17)3-6-14(13)16/h3-8H,9,17H2,1-2H3. The minimum absolute atomic E-state index is 0.305. The quantitative estimate of drug-likeness (QED) is 0.920. The van der Waals surface area contributed by atoms with Gasteiger partial charge in [-0.25, -0.2) is 4.39 Å². The van der Waals surface area contributed by atoms with Crippen LogP contribution in [0.4, 0.5) is 4.39 Å². The number of hydrogen-bond acceptors (Lipinski definition) is 3. The molecule has 0 bridgehead atoms. The lowest BCUT2D eigenvalue weighted by Gasteiger charge is -2.12. The van der Waals surface area contributed by atoms with Gasteiger partial charge in [-0.05, 0) is 29.8 Å². The summed E-state index contributed by atoms with van der Waals surface area (Å²) in [4.78, 5) is 0. The molecule has 0 radical (unpaired) electrons. The molecule has 0 fully saturated rings. The van der Waals surface area contributed by atoms with Gasteiger partial charge in [0.05, 0.1) is 14.2 Å². The SMILES string of the molecule is COc1ccc(-c2cc(CN)ccc2F)c(OC)c1. The molecular formula is C15H16FNO2. The lowest BCUT2D eigenvalue weighted by Crippen LogP contribution is -1.98. The smallest absolute Gasteiger partial charge is 0.131 e. The fourth-order valence-corrected chi connectivity index (χ4v) is 1.93. The monoisotopic (exact) mass is 261 g/mol. The van der Waals surface area contributed by atoms with Gasteiger partial charge in [0.15, 0.2) is 0 Å². The Morgan fingerprint density at radius 2 is 1.79 bits per heavy atom. The van der Waals surface area contributed by atoms with Crippen LogP contribution in [0.5, 0.6) is 11.5 Å². The van der Waals surface area contributed by atoms with E-state index in [4.69, 9.17) is 15.2 Å². The summed E-state index contributed by atoms with van der Waals surface area (Å²) in [6.45, 7) is 0.367. The number of rotatable bonds is 4. The summed E-state index contributed by atoms with van der Waals surface area (Å²) in [7, 11) is 3.12. The fraction of sp³-hybridized carbons (Fsp3) is 0.200. The first-order valence-electron chi connectivity index (χ1n) is 5.90. The van der Waals surface area contributed by atoms with Crippen molar-refractivity contribution in [2.45, 2.75) is 6.54 Å². The summed E-state index contributed by atoms with van der Waals surface area (Å²) in [6.07, 6.45) is 0. The van der Waals surface area contributed by atoms with Gasteiger partial charge in [-0.2, -0.15) is 0 Å². The van der Waals surface area contributed by atoms with Crippen LogP contribution in [-0.4, -0.2) is 14.2 Å². The number of methoxy groups -OCH3 is 2. The molecule has 0 aliphatic heterocycles. The van der Waals surface area contributed by atoms with Gasteiger partial charge < -0.3 is 15.2 Å². The molecular weight excluding hydrogens is 245 g/mol. The van der Waals surface area contributed by atoms with Crippen LogP contribution < -0.4 is 15.2 Å². The Morgan fingerprint density at radius 1 is 1.00 bits per heavy atom. The lowest BCUT2D eigenvalue weighted by atomic mass is 10.0. The minimum atomic E-state index is -0.305. The van der Waals surface area contributed by atoms with Gasteiger partial charge in [-0.3, -0.25) is 0 Å². The highest BCUT2D eigenvalue weighted by molar-refractivity contribution is 5.72. The zero-order valence-corrected chi connectivity index (χ0v) is 10.9. The third-order valence-electron chi connectivity index (χ3n) is 2.97. The van der Waals surface area contributed by atoms with Crippen LogP contribution in [0.15, 0.2) is 36.4 Å². The van der Waals surface area contributed by atoms with E-state index in [-0.39, 0.29) is 5.82 Å². The number of ether oxygens (including phenoxy) is 2. The number of nitrogens with two attached hydrogens (primary N) is 1. The largest absolute Gasteiger partial charge is 0.497 e. The summed E-state index contributed by atoms with van der Waals surface area (Å²) >= 11 is 0. The van der Waals surface area contributed by atoms with Crippen molar-refractivity contribution in [1.29, 1.82) is 0 Å². The normalized spacial score (nSPS) is 10.3. The van der Waals surface area contributed by atoms with E-state index < -0.39 is 0 Å². The average Bonchev–Trinajstić information content (AvgIpc) is 2.47. The lowest BCUT2D eigenvalue weighted by molar-refractivity contribution is 0.395. The van der Waals surface area contributed by atoms with Crippen LogP contribution >= 0.6 is 0 Å². The molecule has 2 aromatic carbocycles. The van der Waals surface area contributed by atoms with Crippen LogP contribution in [0.2, 0.25) is 0 Å². The molecule has 19 heavy (non-hydrogen) atoms. The first-order valence-corrected chi connectivity index (χ1v) is 5.90. The van der Waals surface area contributed by atoms with Crippen molar-refractivity contribution in [3.63, 3.8) is 0 Å². The summed E-state index contributed by atoms with van der Waals surface area (Å²) in [5, 5.41) is 0. The Morgan fingerprint density at radius 3 is 2.42 bits per heavy atom. The summed E-state index contributed by atoms with van der Waals surface area (Å²) in [5.74, 6) is 0.920. The van der Waals surface area contributed by atoms with E-state index in [2.05, 4.69) is 0 Å². The Labute approximate surface area is 111 Å². The third-order valence-corrected chi connectivity index (χ3v) is 2.97.